The van der Waals surface area contributed by atoms with Crippen molar-refractivity contribution in [2.45, 2.75) is 6.92 Å². The lowest BCUT2D eigenvalue weighted by atomic mass is 10.1. The second kappa shape index (κ2) is 6.08. The van der Waals surface area contributed by atoms with E-state index in [9.17, 15) is 9.90 Å². The van der Waals surface area contributed by atoms with Crippen molar-refractivity contribution in [1.29, 1.82) is 0 Å². The van der Waals surface area contributed by atoms with E-state index in [0.717, 1.165) is 14.8 Å². The van der Waals surface area contributed by atoms with E-state index >= 15 is 0 Å². The molecule has 0 spiro atoms. The molecule has 0 aliphatic rings. The number of nitrogens with one attached hydrogen (secondary N) is 1. The van der Waals surface area contributed by atoms with Gasteiger partial charge < -0.3 is 10.4 Å². The summed E-state index contributed by atoms with van der Waals surface area (Å²) in [5, 5.41) is 12.7. The summed E-state index contributed by atoms with van der Waals surface area (Å²) < 4.78 is 1.58. The van der Waals surface area contributed by atoms with Gasteiger partial charge in [0.05, 0.1) is 9.13 Å². The molecule has 0 aliphatic heterocycles. The minimum Gasteiger partial charge on any atom is -0.506 e. The van der Waals surface area contributed by atoms with Crippen LogP contribution >= 0.6 is 45.2 Å². The maximum atomic E-state index is 12.2. The lowest BCUT2D eigenvalue weighted by molar-refractivity contribution is 0.102. The zero-order valence-corrected chi connectivity index (χ0v) is 14.4. The molecular formula is C14H11I2NO2. The van der Waals surface area contributed by atoms with Gasteiger partial charge in [0, 0.05) is 9.26 Å². The van der Waals surface area contributed by atoms with Gasteiger partial charge in [0.25, 0.3) is 5.91 Å². The molecule has 1 amide bonds. The first-order valence-electron chi connectivity index (χ1n) is 5.53. The molecule has 2 rings (SSSR count). The van der Waals surface area contributed by atoms with Crippen molar-refractivity contribution in [2.24, 2.45) is 0 Å². The number of hydrogen-bond donors (Lipinski definition) is 2. The molecule has 2 N–H and O–H groups in total. The first-order valence-corrected chi connectivity index (χ1v) is 7.69. The van der Waals surface area contributed by atoms with Gasteiger partial charge in [-0.2, -0.15) is 0 Å². The Labute approximate surface area is 138 Å². The molecule has 0 atom stereocenters. The van der Waals surface area contributed by atoms with Crippen molar-refractivity contribution < 1.29 is 9.90 Å². The van der Waals surface area contributed by atoms with E-state index < -0.39 is 0 Å². The number of phenolic OH excluding ortho intramolecular Hbond substituents is 1. The minimum atomic E-state index is -0.306. The number of aromatic hydroxyl groups is 1. The summed E-state index contributed by atoms with van der Waals surface area (Å²) in [4.78, 5) is 12.2. The number of rotatable bonds is 2. The van der Waals surface area contributed by atoms with Crippen LogP contribution in [0.15, 0.2) is 36.4 Å². The van der Waals surface area contributed by atoms with Gasteiger partial charge in [-0.25, -0.2) is 0 Å². The molecule has 0 unspecified atom stereocenters. The Bertz CT molecular complexity index is 641. The maximum absolute atomic E-state index is 12.2. The topological polar surface area (TPSA) is 49.3 Å². The van der Waals surface area contributed by atoms with Crippen LogP contribution in [-0.4, -0.2) is 11.0 Å². The Morgan fingerprint density at radius 3 is 2.63 bits per heavy atom. The van der Waals surface area contributed by atoms with E-state index in [-0.39, 0.29) is 17.2 Å². The number of halogens is 2. The quantitative estimate of drug-likeness (QED) is 0.637. The van der Waals surface area contributed by atoms with E-state index in [2.05, 4.69) is 27.9 Å². The smallest absolute Gasteiger partial charge is 0.259 e. The fraction of sp³-hybridized carbons (Fsp3) is 0.0714. The van der Waals surface area contributed by atoms with E-state index in [1.54, 1.807) is 6.07 Å². The SMILES string of the molecule is Cc1cccc(NC(=O)c2cc(I)cc(I)c2O)c1. The predicted molar refractivity (Wildman–Crippen MR) is 92.7 cm³/mol. The number of hydrogen-bond acceptors (Lipinski definition) is 2. The van der Waals surface area contributed by atoms with E-state index in [1.807, 2.05) is 59.8 Å². The second-order valence-electron chi connectivity index (χ2n) is 4.11. The Hall–Kier alpha value is -0.830. The molecule has 3 nitrogen and oxygen atoms in total. The van der Waals surface area contributed by atoms with Crippen molar-refractivity contribution >= 4 is 56.8 Å². The van der Waals surface area contributed by atoms with Crippen LogP contribution in [0.3, 0.4) is 0 Å². The highest BCUT2D eigenvalue weighted by molar-refractivity contribution is 14.1. The van der Waals surface area contributed by atoms with Gasteiger partial charge >= 0.3 is 0 Å². The third-order valence-corrected chi connectivity index (χ3v) is 3.99. The minimum absolute atomic E-state index is 0.0196. The Morgan fingerprint density at radius 1 is 1.21 bits per heavy atom. The van der Waals surface area contributed by atoms with Crippen molar-refractivity contribution in [3.05, 3.63) is 54.7 Å². The summed E-state index contributed by atoms with van der Waals surface area (Å²) in [5.74, 6) is -0.286. The first kappa shape index (κ1) is 14.6. The number of aryl methyl sites for hydroxylation is 1. The van der Waals surface area contributed by atoms with Gasteiger partial charge in [0.1, 0.15) is 5.75 Å². The molecule has 0 radical (unpaired) electrons. The molecule has 0 fully saturated rings. The molecule has 0 bridgehead atoms. The number of carbonyl (C=O) groups is 1. The van der Waals surface area contributed by atoms with Crippen molar-refractivity contribution in [3.63, 3.8) is 0 Å². The molecule has 98 valence electrons. The summed E-state index contributed by atoms with van der Waals surface area (Å²) in [6.07, 6.45) is 0. The summed E-state index contributed by atoms with van der Waals surface area (Å²) in [6.45, 7) is 1.96. The third kappa shape index (κ3) is 3.59. The number of benzene rings is 2. The van der Waals surface area contributed by atoms with Crippen LogP contribution < -0.4 is 5.32 Å². The van der Waals surface area contributed by atoms with Gasteiger partial charge in [0.2, 0.25) is 0 Å². The lowest BCUT2D eigenvalue weighted by Gasteiger charge is -2.09. The highest BCUT2D eigenvalue weighted by atomic mass is 127. The fourth-order valence-corrected chi connectivity index (χ4v) is 3.51. The van der Waals surface area contributed by atoms with Crippen molar-refractivity contribution in [1.82, 2.24) is 0 Å². The van der Waals surface area contributed by atoms with E-state index in [1.165, 1.54) is 0 Å². The molecule has 0 saturated carbocycles. The van der Waals surface area contributed by atoms with E-state index in [4.69, 9.17) is 0 Å². The summed E-state index contributed by atoms with van der Waals surface area (Å²) in [6, 6.07) is 11.0. The van der Waals surface area contributed by atoms with Crippen molar-refractivity contribution in [2.75, 3.05) is 5.32 Å². The normalized spacial score (nSPS) is 10.3. The lowest BCUT2D eigenvalue weighted by Crippen LogP contribution is -2.12. The predicted octanol–water partition coefficient (Wildman–Crippen LogP) is 4.16. The van der Waals surface area contributed by atoms with Gasteiger partial charge in [0.15, 0.2) is 0 Å². The summed E-state index contributed by atoms with van der Waals surface area (Å²) >= 11 is 4.13. The van der Waals surface area contributed by atoms with Crippen LogP contribution in [0.1, 0.15) is 15.9 Å². The van der Waals surface area contributed by atoms with Crippen LogP contribution in [0.25, 0.3) is 0 Å². The standard InChI is InChI=1S/C14H11I2NO2/c1-8-3-2-4-10(5-8)17-14(19)11-6-9(15)7-12(16)13(11)18/h2-7,18H,1H3,(H,17,19). The Morgan fingerprint density at radius 2 is 1.95 bits per heavy atom. The van der Waals surface area contributed by atoms with Crippen molar-refractivity contribution in [3.8, 4) is 5.75 Å². The molecule has 0 aromatic heterocycles. The zero-order chi connectivity index (χ0) is 14.0. The molecule has 5 heteroatoms. The van der Waals surface area contributed by atoms with Gasteiger partial charge in [-0.15, -0.1) is 0 Å². The third-order valence-electron chi connectivity index (χ3n) is 2.55. The molecule has 0 aliphatic carbocycles. The van der Waals surface area contributed by atoms with Crippen LogP contribution in [0, 0.1) is 14.1 Å². The van der Waals surface area contributed by atoms with Gasteiger partial charge in [-0.05, 0) is 81.9 Å². The summed E-state index contributed by atoms with van der Waals surface area (Å²) in [5.41, 5.74) is 2.08. The van der Waals surface area contributed by atoms with Crippen LogP contribution in [0.2, 0.25) is 0 Å². The zero-order valence-electron chi connectivity index (χ0n) is 10.1. The highest BCUT2D eigenvalue weighted by Crippen LogP contribution is 2.27. The molecular weight excluding hydrogens is 468 g/mol. The van der Waals surface area contributed by atoms with Crippen LogP contribution in [0.4, 0.5) is 5.69 Å². The van der Waals surface area contributed by atoms with Gasteiger partial charge in [-0.3, -0.25) is 4.79 Å². The highest BCUT2D eigenvalue weighted by Gasteiger charge is 2.15. The largest absolute Gasteiger partial charge is 0.506 e. The Balaban J connectivity index is 2.30. The fourth-order valence-electron chi connectivity index (χ4n) is 1.66. The van der Waals surface area contributed by atoms with E-state index in [0.29, 0.717) is 3.57 Å². The number of phenols is 1. The second-order valence-corrected chi connectivity index (χ2v) is 6.52. The van der Waals surface area contributed by atoms with Gasteiger partial charge in [-0.1, -0.05) is 12.1 Å². The molecule has 2 aromatic carbocycles. The number of carbonyl (C=O) groups excluding carboxylic acids is 1. The molecule has 0 heterocycles. The molecule has 19 heavy (non-hydrogen) atoms. The number of anilines is 1. The Kier molecular flexibility index (Phi) is 4.67. The average Bonchev–Trinajstić information content (AvgIpc) is 2.33. The number of amides is 1. The van der Waals surface area contributed by atoms with Crippen LogP contribution in [0.5, 0.6) is 5.75 Å². The maximum Gasteiger partial charge on any atom is 0.259 e. The first-order chi connectivity index (χ1) is 8.97. The monoisotopic (exact) mass is 479 g/mol. The van der Waals surface area contributed by atoms with Crippen LogP contribution in [-0.2, 0) is 0 Å². The molecule has 0 saturated heterocycles. The average molecular weight is 479 g/mol. The molecule has 2 aromatic rings. The summed E-state index contributed by atoms with van der Waals surface area (Å²) in [7, 11) is 0.